The van der Waals surface area contributed by atoms with Crippen molar-refractivity contribution in [3.05, 3.63) is 35.4 Å². The van der Waals surface area contributed by atoms with E-state index in [1.165, 1.54) is 12.1 Å². The molecule has 108 valence electrons. The summed E-state index contributed by atoms with van der Waals surface area (Å²) >= 11 is 0. The summed E-state index contributed by atoms with van der Waals surface area (Å²) in [6, 6.07) is 3.70. The molecule has 2 fully saturated rings. The highest BCUT2D eigenvalue weighted by Crippen LogP contribution is 2.58. The minimum Gasteiger partial charge on any atom is -0.403 e. The summed E-state index contributed by atoms with van der Waals surface area (Å²) in [6.07, 6.45) is 0.847. The molecule has 0 radical (unpaired) electrons. The summed E-state index contributed by atoms with van der Waals surface area (Å²) in [7, 11) is -0.295. The average molecular weight is 280 g/mol. The van der Waals surface area contributed by atoms with Crippen LogP contribution in [0.1, 0.15) is 45.6 Å². The van der Waals surface area contributed by atoms with Gasteiger partial charge in [0.2, 0.25) is 0 Å². The highest BCUT2D eigenvalue weighted by Gasteiger charge is 2.59. The molecule has 0 amide bonds. The van der Waals surface area contributed by atoms with Gasteiger partial charge in [0, 0.05) is 11.9 Å². The van der Waals surface area contributed by atoms with Gasteiger partial charge in [-0.15, -0.1) is 0 Å². The van der Waals surface area contributed by atoms with Crippen molar-refractivity contribution in [2.75, 3.05) is 0 Å². The smallest absolute Gasteiger partial charge is 0.403 e. The van der Waals surface area contributed by atoms with Gasteiger partial charge >= 0.3 is 7.12 Å². The number of halogens is 2. The van der Waals surface area contributed by atoms with Gasteiger partial charge in [-0.3, -0.25) is 0 Å². The molecule has 1 saturated heterocycles. The lowest BCUT2D eigenvalue weighted by molar-refractivity contribution is 0.00578. The van der Waals surface area contributed by atoms with Crippen LogP contribution in [0.25, 0.3) is 0 Å². The van der Waals surface area contributed by atoms with Crippen LogP contribution in [0.2, 0.25) is 5.82 Å². The Balaban J connectivity index is 1.74. The molecule has 3 rings (SSSR count). The highest BCUT2D eigenvalue weighted by molar-refractivity contribution is 6.49. The van der Waals surface area contributed by atoms with E-state index in [0.717, 1.165) is 12.5 Å². The first-order valence-corrected chi connectivity index (χ1v) is 7.01. The Kier molecular flexibility index (Phi) is 3.00. The van der Waals surface area contributed by atoms with Gasteiger partial charge in [0.1, 0.15) is 11.6 Å². The van der Waals surface area contributed by atoms with Gasteiger partial charge in [-0.25, -0.2) is 8.78 Å². The molecule has 1 aliphatic heterocycles. The Labute approximate surface area is 118 Å². The molecular weight excluding hydrogens is 261 g/mol. The molecule has 1 aliphatic carbocycles. The van der Waals surface area contributed by atoms with Crippen molar-refractivity contribution in [3.63, 3.8) is 0 Å². The molecule has 1 aromatic carbocycles. The van der Waals surface area contributed by atoms with Crippen molar-refractivity contribution in [1.29, 1.82) is 0 Å². The van der Waals surface area contributed by atoms with E-state index >= 15 is 0 Å². The maximum atomic E-state index is 13.3. The highest BCUT2D eigenvalue weighted by atomic mass is 19.1. The van der Waals surface area contributed by atoms with Gasteiger partial charge in [-0.05, 0) is 57.7 Å². The molecular formula is C15H19BF2O2. The van der Waals surface area contributed by atoms with Crippen LogP contribution in [-0.4, -0.2) is 18.3 Å². The molecule has 1 heterocycles. The summed E-state index contributed by atoms with van der Waals surface area (Å²) in [5, 5.41) is 0. The lowest BCUT2D eigenvalue weighted by Gasteiger charge is -2.32. The van der Waals surface area contributed by atoms with Crippen molar-refractivity contribution in [3.8, 4) is 0 Å². The molecule has 0 unspecified atom stereocenters. The van der Waals surface area contributed by atoms with Crippen LogP contribution in [0, 0.1) is 11.6 Å². The quantitative estimate of drug-likeness (QED) is 0.764. The Morgan fingerprint density at radius 2 is 1.50 bits per heavy atom. The van der Waals surface area contributed by atoms with Crippen LogP contribution in [0.15, 0.2) is 18.2 Å². The predicted molar refractivity (Wildman–Crippen MR) is 73.5 cm³/mol. The van der Waals surface area contributed by atoms with E-state index in [2.05, 4.69) is 0 Å². The first kappa shape index (κ1) is 14.0. The maximum absolute atomic E-state index is 13.3. The Morgan fingerprint density at radius 1 is 1.00 bits per heavy atom. The molecule has 0 N–H and O–H groups in total. The van der Waals surface area contributed by atoms with Gasteiger partial charge in [0.15, 0.2) is 0 Å². The van der Waals surface area contributed by atoms with Crippen LogP contribution < -0.4 is 0 Å². The van der Waals surface area contributed by atoms with Gasteiger partial charge < -0.3 is 9.31 Å². The average Bonchev–Trinajstić information content (AvgIpc) is 3.01. The Morgan fingerprint density at radius 3 is 2.00 bits per heavy atom. The van der Waals surface area contributed by atoms with Gasteiger partial charge in [0.25, 0.3) is 0 Å². The zero-order chi connectivity index (χ0) is 14.7. The summed E-state index contributed by atoms with van der Waals surface area (Å²) < 4.78 is 38.5. The standard InChI is InChI=1S/C15H19BF2O2/c1-14(2)15(3,4)20-16(19-14)13-8-12(13)9-5-10(17)7-11(18)6-9/h5-7,12-13H,8H2,1-4H3/t12-,13+/m0/s1. The van der Waals surface area contributed by atoms with Crippen molar-refractivity contribution in [2.45, 2.75) is 57.1 Å². The summed E-state index contributed by atoms with van der Waals surface area (Å²) in [6.45, 7) is 8.02. The molecule has 2 atom stereocenters. The minimum atomic E-state index is -0.528. The Hall–Kier alpha value is -0.935. The monoisotopic (exact) mass is 280 g/mol. The van der Waals surface area contributed by atoms with E-state index in [-0.39, 0.29) is 30.1 Å². The topological polar surface area (TPSA) is 18.5 Å². The number of rotatable bonds is 2. The van der Waals surface area contributed by atoms with E-state index in [9.17, 15) is 8.78 Å². The normalized spacial score (nSPS) is 30.6. The fourth-order valence-electron chi connectivity index (χ4n) is 2.75. The van der Waals surface area contributed by atoms with E-state index in [4.69, 9.17) is 9.31 Å². The summed E-state index contributed by atoms with van der Waals surface area (Å²) in [5.74, 6) is -0.758. The Bertz CT molecular complexity index is 508. The second-order valence-corrected chi connectivity index (χ2v) is 6.83. The minimum absolute atomic E-state index is 0.120. The van der Waals surface area contributed by atoms with Gasteiger partial charge in [0.05, 0.1) is 11.2 Å². The van der Waals surface area contributed by atoms with E-state index in [1.807, 2.05) is 27.7 Å². The number of benzene rings is 1. The molecule has 5 heteroatoms. The fourth-order valence-corrected chi connectivity index (χ4v) is 2.75. The lowest BCUT2D eigenvalue weighted by atomic mass is 9.79. The lowest BCUT2D eigenvalue weighted by Crippen LogP contribution is -2.41. The summed E-state index contributed by atoms with van der Waals surface area (Å²) in [4.78, 5) is 0. The fraction of sp³-hybridized carbons (Fsp3) is 0.600. The van der Waals surface area contributed by atoms with Crippen LogP contribution in [0.4, 0.5) is 8.78 Å². The van der Waals surface area contributed by atoms with Crippen molar-refractivity contribution >= 4 is 7.12 Å². The van der Waals surface area contributed by atoms with Crippen molar-refractivity contribution in [2.24, 2.45) is 0 Å². The zero-order valence-electron chi connectivity index (χ0n) is 12.2. The van der Waals surface area contributed by atoms with Crippen LogP contribution in [0.5, 0.6) is 0 Å². The third-order valence-electron chi connectivity index (χ3n) is 4.77. The molecule has 0 aromatic heterocycles. The number of hydrogen-bond donors (Lipinski definition) is 0. The molecule has 2 aliphatic rings. The SMILES string of the molecule is CC1(C)OB([C@@H]2C[C@H]2c2cc(F)cc(F)c2)OC1(C)C. The summed E-state index contributed by atoms with van der Waals surface area (Å²) in [5.41, 5.74) is -0.0297. The van der Waals surface area contributed by atoms with Crippen molar-refractivity contribution < 1.29 is 18.1 Å². The maximum Gasteiger partial charge on any atom is 0.461 e. The molecule has 1 saturated carbocycles. The van der Waals surface area contributed by atoms with Crippen LogP contribution in [-0.2, 0) is 9.31 Å². The third kappa shape index (κ3) is 2.27. The number of hydrogen-bond acceptors (Lipinski definition) is 2. The second-order valence-electron chi connectivity index (χ2n) is 6.83. The van der Waals surface area contributed by atoms with Gasteiger partial charge in [-0.2, -0.15) is 0 Å². The van der Waals surface area contributed by atoms with E-state index in [1.54, 1.807) is 0 Å². The molecule has 2 nitrogen and oxygen atoms in total. The molecule has 0 bridgehead atoms. The van der Waals surface area contributed by atoms with Gasteiger partial charge in [-0.1, -0.05) is 0 Å². The first-order chi connectivity index (χ1) is 9.19. The molecule has 1 aromatic rings. The van der Waals surface area contributed by atoms with E-state index in [0.29, 0.717) is 5.56 Å². The second kappa shape index (κ2) is 4.28. The molecule has 0 spiro atoms. The first-order valence-electron chi connectivity index (χ1n) is 7.01. The van der Waals surface area contributed by atoms with Crippen LogP contribution >= 0.6 is 0 Å². The van der Waals surface area contributed by atoms with Crippen molar-refractivity contribution in [1.82, 2.24) is 0 Å². The molecule has 20 heavy (non-hydrogen) atoms. The largest absolute Gasteiger partial charge is 0.461 e. The predicted octanol–water partition coefficient (Wildman–Crippen LogP) is 3.91. The third-order valence-corrected chi connectivity index (χ3v) is 4.77. The zero-order valence-corrected chi connectivity index (χ0v) is 12.2. The van der Waals surface area contributed by atoms with Crippen LogP contribution in [0.3, 0.4) is 0 Å². The van der Waals surface area contributed by atoms with E-state index < -0.39 is 11.6 Å².